The van der Waals surface area contributed by atoms with Crippen LogP contribution in [0.15, 0.2) is 53.3 Å². The molecule has 162 valence electrons. The number of hydrogen-bond acceptors (Lipinski definition) is 5. The predicted octanol–water partition coefficient (Wildman–Crippen LogP) is 3.08. The van der Waals surface area contributed by atoms with Gasteiger partial charge in [0.15, 0.2) is 16.6 Å². The summed E-state index contributed by atoms with van der Waals surface area (Å²) >= 11 is 5.65. The molecule has 1 atom stereocenters. The number of aromatic nitrogens is 1. The lowest BCUT2D eigenvalue weighted by Crippen LogP contribution is -2.42. The molecule has 2 heterocycles. The van der Waals surface area contributed by atoms with Crippen molar-refractivity contribution in [2.75, 3.05) is 19.9 Å². The van der Waals surface area contributed by atoms with E-state index in [2.05, 4.69) is 10.3 Å². The third kappa shape index (κ3) is 4.81. The molecule has 0 saturated carbocycles. The Morgan fingerprint density at radius 3 is 2.71 bits per heavy atom. The predicted molar refractivity (Wildman–Crippen MR) is 123 cm³/mol. The van der Waals surface area contributed by atoms with E-state index in [1.54, 1.807) is 6.07 Å². The fourth-order valence-electron chi connectivity index (χ4n) is 3.58. The number of ether oxygens (including phenoxy) is 2. The average molecular weight is 440 g/mol. The lowest BCUT2D eigenvalue weighted by molar-refractivity contribution is 0.174. The van der Waals surface area contributed by atoms with Gasteiger partial charge in [0.1, 0.15) is 0 Å². The van der Waals surface area contributed by atoms with Gasteiger partial charge in [-0.1, -0.05) is 30.3 Å². The zero-order valence-corrected chi connectivity index (χ0v) is 18.1. The van der Waals surface area contributed by atoms with E-state index in [0.717, 1.165) is 10.9 Å². The lowest BCUT2D eigenvalue weighted by atomic mass is 10.1. The van der Waals surface area contributed by atoms with Crippen LogP contribution in [0.1, 0.15) is 30.5 Å². The van der Waals surface area contributed by atoms with Crippen LogP contribution in [-0.2, 0) is 6.54 Å². The van der Waals surface area contributed by atoms with Crippen LogP contribution in [0.3, 0.4) is 0 Å². The first-order chi connectivity index (χ1) is 15.0. The van der Waals surface area contributed by atoms with Crippen LogP contribution < -0.4 is 20.3 Å². The minimum Gasteiger partial charge on any atom is -0.454 e. The van der Waals surface area contributed by atoms with Gasteiger partial charge in [0, 0.05) is 30.2 Å². The number of aliphatic hydroxyl groups is 1. The molecule has 0 radical (unpaired) electrons. The highest BCUT2D eigenvalue weighted by molar-refractivity contribution is 7.80. The van der Waals surface area contributed by atoms with Crippen LogP contribution in [0.25, 0.3) is 10.9 Å². The van der Waals surface area contributed by atoms with Crippen molar-refractivity contribution in [3.8, 4) is 11.5 Å². The summed E-state index contributed by atoms with van der Waals surface area (Å²) in [4.78, 5) is 17.6. The van der Waals surface area contributed by atoms with Crippen molar-refractivity contribution in [2.45, 2.75) is 25.9 Å². The van der Waals surface area contributed by atoms with Gasteiger partial charge in [0.25, 0.3) is 5.56 Å². The summed E-state index contributed by atoms with van der Waals surface area (Å²) in [5.74, 6) is 1.29. The Morgan fingerprint density at radius 1 is 1.23 bits per heavy atom. The molecule has 1 aliphatic rings. The molecular weight excluding hydrogens is 414 g/mol. The third-order valence-electron chi connectivity index (χ3n) is 5.29. The molecule has 31 heavy (non-hydrogen) atoms. The minimum atomic E-state index is -0.181. The van der Waals surface area contributed by atoms with E-state index in [1.807, 2.05) is 54.3 Å². The number of nitrogens with zero attached hydrogens (tertiary/aromatic N) is 1. The first-order valence-corrected chi connectivity index (χ1v) is 10.6. The van der Waals surface area contributed by atoms with Crippen LogP contribution in [0.5, 0.6) is 11.5 Å². The maximum absolute atomic E-state index is 12.7. The number of pyridine rings is 1. The number of thiocarbonyl (C=S) groups is 1. The van der Waals surface area contributed by atoms with Crippen molar-refractivity contribution in [1.29, 1.82) is 0 Å². The van der Waals surface area contributed by atoms with Gasteiger partial charge in [0.05, 0.1) is 18.1 Å². The summed E-state index contributed by atoms with van der Waals surface area (Å²) in [7, 11) is 0. The van der Waals surface area contributed by atoms with Crippen molar-refractivity contribution >= 4 is 28.2 Å². The van der Waals surface area contributed by atoms with E-state index in [1.165, 1.54) is 0 Å². The summed E-state index contributed by atoms with van der Waals surface area (Å²) in [5, 5.41) is 14.1. The molecule has 2 aromatic carbocycles. The zero-order valence-electron chi connectivity index (χ0n) is 17.3. The molecule has 0 saturated heterocycles. The fraction of sp³-hybridized carbons (Fsp3) is 0.304. The molecule has 0 amide bonds. The Balaban J connectivity index is 1.56. The van der Waals surface area contributed by atoms with Crippen molar-refractivity contribution in [2.24, 2.45) is 0 Å². The molecule has 0 aliphatic carbocycles. The summed E-state index contributed by atoms with van der Waals surface area (Å²) in [6.45, 7) is 3.12. The zero-order chi connectivity index (χ0) is 21.8. The number of H-pyrrole nitrogens is 1. The number of rotatable bonds is 7. The first kappa shape index (κ1) is 21.1. The van der Waals surface area contributed by atoms with Gasteiger partial charge in [-0.25, -0.2) is 0 Å². The van der Waals surface area contributed by atoms with E-state index in [-0.39, 0.29) is 25.0 Å². The molecule has 0 bridgehead atoms. The molecule has 0 unspecified atom stereocenters. The number of hydrogen-bond donors (Lipinski definition) is 3. The lowest BCUT2D eigenvalue weighted by Gasteiger charge is -2.28. The van der Waals surface area contributed by atoms with Crippen molar-refractivity contribution < 1.29 is 14.6 Å². The first-order valence-electron chi connectivity index (χ1n) is 10.2. The standard InChI is InChI=1S/C23H25N3O4S/c1-15(16-6-3-2-4-7-16)24-23(31)26(8-5-9-27)13-18-10-17-11-20-21(30-14-29-20)12-19(17)25-22(18)28/h2-4,6-7,10-12,15,27H,5,8-9,13-14H2,1H3,(H,24,31)(H,25,28)/t15-/m0/s1. The van der Waals surface area contributed by atoms with Gasteiger partial charge in [0.2, 0.25) is 6.79 Å². The van der Waals surface area contributed by atoms with Gasteiger partial charge in [-0.3, -0.25) is 4.79 Å². The Labute approximate surface area is 185 Å². The highest BCUT2D eigenvalue weighted by Gasteiger charge is 2.18. The number of aromatic amines is 1. The van der Waals surface area contributed by atoms with Crippen molar-refractivity contribution in [3.63, 3.8) is 0 Å². The molecule has 3 aromatic rings. The SMILES string of the molecule is C[C@H](NC(=S)N(CCCO)Cc1cc2cc3c(cc2[nH]c1=O)OCO3)c1ccccc1. The van der Waals surface area contributed by atoms with Crippen LogP contribution >= 0.6 is 12.2 Å². The van der Waals surface area contributed by atoms with Gasteiger partial charge >= 0.3 is 0 Å². The second-order valence-corrected chi connectivity index (χ2v) is 7.88. The van der Waals surface area contributed by atoms with Gasteiger partial charge in [-0.15, -0.1) is 0 Å². The Morgan fingerprint density at radius 2 is 1.97 bits per heavy atom. The molecule has 1 aromatic heterocycles. The topological polar surface area (TPSA) is 86.8 Å². The molecular formula is C23H25N3O4S. The minimum absolute atomic E-state index is 0.0138. The van der Waals surface area contributed by atoms with Crippen LogP contribution in [-0.4, -0.2) is 40.0 Å². The number of nitrogens with one attached hydrogen (secondary N) is 2. The summed E-state index contributed by atoms with van der Waals surface area (Å²) in [5.41, 5.74) is 2.21. The molecule has 8 heteroatoms. The molecule has 3 N–H and O–H groups in total. The Kier molecular flexibility index (Phi) is 6.39. The van der Waals surface area contributed by atoms with Crippen LogP contribution in [0.4, 0.5) is 0 Å². The molecule has 4 rings (SSSR count). The quantitative estimate of drug-likeness (QED) is 0.488. The average Bonchev–Trinajstić information content (AvgIpc) is 3.23. The summed E-state index contributed by atoms with van der Waals surface area (Å²) in [6.07, 6.45) is 0.547. The maximum Gasteiger partial charge on any atom is 0.253 e. The van der Waals surface area contributed by atoms with E-state index in [4.69, 9.17) is 21.7 Å². The maximum atomic E-state index is 12.7. The molecule has 0 fully saturated rings. The van der Waals surface area contributed by atoms with E-state index >= 15 is 0 Å². The van der Waals surface area contributed by atoms with Gasteiger partial charge in [-0.2, -0.15) is 0 Å². The normalized spacial score (nSPS) is 13.2. The summed E-state index contributed by atoms with van der Waals surface area (Å²) in [6, 6.07) is 15.5. The largest absolute Gasteiger partial charge is 0.454 e. The van der Waals surface area contributed by atoms with Crippen LogP contribution in [0.2, 0.25) is 0 Å². The van der Waals surface area contributed by atoms with Gasteiger partial charge in [-0.05, 0) is 43.3 Å². The third-order valence-corrected chi connectivity index (χ3v) is 5.66. The second kappa shape index (κ2) is 9.36. The Bertz CT molecular complexity index is 1130. The van der Waals surface area contributed by atoms with Crippen LogP contribution in [0, 0.1) is 0 Å². The number of benzene rings is 2. The highest BCUT2D eigenvalue weighted by Crippen LogP contribution is 2.35. The van der Waals surface area contributed by atoms with Crippen molar-refractivity contribution in [1.82, 2.24) is 15.2 Å². The van der Waals surface area contributed by atoms with E-state index < -0.39 is 0 Å². The Hall–Kier alpha value is -3.10. The second-order valence-electron chi connectivity index (χ2n) is 7.50. The monoisotopic (exact) mass is 439 g/mol. The molecule has 1 aliphatic heterocycles. The highest BCUT2D eigenvalue weighted by atomic mass is 32.1. The number of fused-ring (bicyclic) bond motifs is 2. The smallest absolute Gasteiger partial charge is 0.253 e. The molecule has 0 spiro atoms. The van der Waals surface area contributed by atoms with Gasteiger partial charge < -0.3 is 29.8 Å². The van der Waals surface area contributed by atoms with Crippen molar-refractivity contribution in [3.05, 3.63) is 70.0 Å². The van der Waals surface area contributed by atoms with E-state index in [9.17, 15) is 9.90 Å². The number of aliphatic hydroxyl groups excluding tert-OH is 1. The summed E-state index contributed by atoms with van der Waals surface area (Å²) < 4.78 is 10.8. The fourth-order valence-corrected chi connectivity index (χ4v) is 3.91. The van der Waals surface area contributed by atoms with E-state index in [0.29, 0.717) is 47.2 Å². The molecule has 7 nitrogen and oxygen atoms in total.